The SMILES string of the molecule is CC(C)=NNc1nc(C)cs1.Cl. The summed E-state index contributed by atoms with van der Waals surface area (Å²) in [4.78, 5) is 4.18. The fraction of sp³-hybridized carbons (Fsp3) is 0.429. The summed E-state index contributed by atoms with van der Waals surface area (Å²) in [7, 11) is 0. The Balaban J connectivity index is 0.00000121. The van der Waals surface area contributed by atoms with Gasteiger partial charge in [0, 0.05) is 11.1 Å². The molecule has 1 aromatic rings. The fourth-order valence-corrected chi connectivity index (χ4v) is 1.19. The molecule has 0 saturated carbocycles. The third-order valence-corrected chi connectivity index (χ3v) is 1.86. The molecule has 3 nitrogen and oxygen atoms in total. The molecule has 0 aromatic carbocycles. The van der Waals surface area contributed by atoms with Crippen LogP contribution in [0.5, 0.6) is 0 Å². The number of halogens is 1. The standard InChI is InChI=1S/C7H11N3S.ClH/c1-5(2)9-10-7-8-6(3)4-11-7;/h4H,1-3H3,(H,8,10);1H. The van der Waals surface area contributed by atoms with Crippen LogP contribution >= 0.6 is 23.7 Å². The normalized spacial score (nSPS) is 8.58. The molecular weight excluding hydrogens is 194 g/mol. The van der Waals surface area contributed by atoms with Crippen molar-refractivity contribution in [2.75, 3.05) is 5.43 Å². The number of aryl methyl sites for hydroxylation is 1. The van der Waals surface area contributed by atoms with Gasteiger partial charge in [0.25, 0.3) is 0 Å². The Hall–Kier alpha value is -0.610. The van der Waals surface area contributed by atoms with Gasteiger partial charge < -0.3 is 0 Å². The van der Waals surface area contributed by atoms with E-state index in [4.69, 9.17) is 0 Å². The Kier molecular flexibility index (Phi) is 4.85. The van der Waals surface area contributed by atoms with Gasteiger partial charge in [0.05, 0.1) is 5.69 Å². The molecule has 1 aromatic heterocycles. The first-order valence-electron chi connectivity index (χ1n) is 3.37. The van der Waals surface area contributed by atoms with Gasteiger partial charge in [-0.1, -0.05) is 0 Å². The highest BCUT2D eigenvalue weighted by molar-refractivity contribution is 7.13. The van der Waals surface area contributed by atoms with Crippen LogP contribution in [0.4, 0.5) is 5.13 Å². The second-order valence-electron chi connectivity index (χ2n) is 2.46. The highest BCUT2D eigenvalue weighted by atomic mass is 35.5. The number of aromatic nitrogens is 1. The topological polar surface area (TPSA) is 37.3 Å². The van der Waals surface area contributed by atoms with Crippen molar-refractivity contribution in [3.63, 3.8) is 0 Å². The largest absolute Gasteiger partial charge is 0.253 e. The molecular formula is C7H12ClN3S. The molecule has 0 spiro atoms. The first kappa shape index (κ1) is 11.4. The van der Waals surface area contributed by atoms with Crippen molar-refractivity contribution in [3.05, 3.63) is 11.1 Å². The number of hydrazone groups is 1. The van der Waals surface area contributed by atoms with E-state index < -0.39 is 0 Å². The van der Waals surface area contributed by atoms with Gasteiger partial charge in [0.2, 0.25) is 5.13 Å². The Labute approximate surface area is 82.3 Å². The average Bonchev–Trinajstić information content (AvgIpc) is 2.31. The van der Waals surface area contributed by atoms with Crippen molar-refractivity contribution in [2.45, 2.75) is 20.8 Å². The first-order chi connectivity index (χ1) is 5.18. The summed E-state index contributed by atoms with van der Waals surface area (Å²) in [5, 5.41) is 6.86. The lowest BCUT2D eigenvalue weighted by molar-refractivity contribution is 1.21. The highest BCUT2D eigenvalue weighted by Gasteiger charge is 1.93. The van der Waals surface area contributed by atoms with Crippen LogP contribution in [-0.4, -0.2) is 10.7 Å². The summed E-state index contributed by atoms with van der Waals surface area (Å²) in [6.45, 7) is 5.84. The number of nitrogens with one attached hydrogen (secondary N) is 1. The Bertz CT molecular complexity index is 265. The van der Waals surface area contributed by atoms with Crippen LogP contribution in [0.2, 0.25) is 0 Å². The van der Waals surface area contributed by atoms with Crippen molar-refractivity contribution >= 4 is 34.6 Å². The van der Waals surface area contributed by atoms with E-state index in [1.165, 1.54) is 0 Å². The minimum Gasteiger partial charge on any atom is -0.253 e. The lowest BCUT2D eigenvalue weighted by atomic mass is 10.5. The van der Waals surface area contributed by atoms with Crippen LogP contribution in [0.3, 0.4) is 0 Å². The zero-order valence-electron chi connectivity index (χ0n) is 7.29. The summed E-state index contributed by atoms with van der Waals surface area (Å²) in [6, 6.07) is 0. The van der Waals surface area contributed by atoms with Gasteiger partial charge in [-0.3, -0.25) is 5.43 Å². The molecule has 0 radical (unpaired) electrons. The second-order valence-corrected chi connectivity index (χ2v) is 3.32. The molecule has 12 heavy (non-hydrogen) atoms. The molecule has 1 heterocycles. The minimum atomic E-state index is 0. The summed E-state index contributed by atoms with van der Waals surface area (Å²) >= 11 is 1.56. The van der Waals surface area contributed by atoms with Gasteiger partial charge in [-0.15, -0.1) is 23.7 Å². The molecule has 1 rings (SSSR count). The smallest absolute Gasteiger partial charge is 0.203 e. The Morgan fingerprint density at radius 3 is 2.67 bits per heavy atom. The minimum absolute atomic E-state index is 0. The molecule has 0 unspecified atom stereocenters. The van der Waals surface area contributed by atoms with E-state index in [-0.39, 0.29) is 12.4 Å². The maximum atomic E-state index is 4.18. The third kappa shape index (κ3) is 3.69. The summed E-state index contributed by atoms with van der Waals surface area (Å²) < 4.78 is 0. The number of hydrogen-bond donors (Lipinski definition) is 1. The van der Waals surface area contributed by atoms with Crippen LogP contribution < -0.4 is 5.43 Å². The van der Waals surface area contributed by atoms with E-state index in [0.717, 1.165) is 16.5 Å². The van der Waals surface area contributed by atoms with Crippen molar-refractivity contribution in [2.24, 2.45) is 5.10 Å². The molecule has 1 N–H and O–H groups in total. The van der Waals surface area contributed by atoms with E-state index in [1.54, 1.807) is 11.3 Å². The molecule has 0 bridgehead atoms. The van der Waals surface area contributed by atoms with Crippen LogP contribution in [0.25, 0.3) is 0 Å². The zero-order chi connectivity index (χ0) is 8.27. The number of anilines is 1. The molecule has 0 saturated heterocycles. The third-order valence-electron chi connectivity index (χ3n) is 0.994. The van der Waals surface area contributed by atoms with Crippen LogP contribution in [-0.2, 0) is 0 Å². The van der Waals surface area contributed by atoms with E-state index in [2.05, 4.69) is 15.5 Å². The predicted molar refractivity (Wildman–Crippen MR) is 56.5 cm³/mol. The number of thiazole rings is 1. The lowest BCUT2D eigenvalue weighted by Crippen LogP contribution is -1.91. The number of nitrogens with zero attached hydrogens (tertiary/aromatic N) is 2. The Morgan fingerprint density at radius 2 is 2.25 bits per heavy atom. The van der Waals surface area contributed by atoms with Gasteiger partial charge in [-0.05, 0) is 20.8 Å². The average molecular weight is 206 g/mol. The second kappa shape index (κ2) is 5.11. The number of hydrogen-bond acceptors (Lipinski definition) is 4. The van der Waals surface area contributed by atoms with Gasteiger partial charge in [-0.25, -0.2) is 4.98 Å². The summed E-state index contributed by atoms with van der Waals surface area (Å²) in [6.07, 6.45) is 0. The molecule has 0 aliphatic rings. The summed E-state index contributed by atoms with van der Waals surface area (Å²) in [5.41, 5.74) is 4.89. The Morgan fingerprint density at radius 1 is 1.58 bits per heavy atom. The van der Waals surface area contributed by atoms with Gasteiger partial charge in [0.1, 0.15) is 0 Å². The number of rotatable bonds is 2. The van der Waals surface area contributed by atoms with Crippen molar-refractivity contribution in [1.82, 2.24) is 4.98 Å². The molecule has 0 aliphatic heterocycles. The molecule has 68 valence electrons. The first-order valence-corrected chi connectivity index (χ1v) is 4.25. The lowest BCUT2D eigenvalue weighted by Gasteiger charge is -1.92. The van der Waals surface area contributed by atoms with Crippen molar-refractivity contribution < 1.29 is 0 Å². The van der Waals surface area contributed by atoms with Gasteiger partial charge >= 0.3 is 0 Å². The van der Waals surface area contributed by atoms with E-state index in [1.807, 2.05) is 26.2 Å². The van der Waals surface area contributed by atoms with Crippen LogP contribution in [0, 0.1) is 6.92 Å². The van der Waals surface area contributed by atoms with Crippen molar-refractivity contribution in [1.29, 1.82) is 0 Å². The van der Waals surface area contributed by atoms with E-state index >= 15 is 0 Å². The maximum absolute atomic E-state index is 4.18. The van der Waals surface area contributed by atoms with Gasteiger partial charge in [0.15, 0.2) is 0 Å². The highest BCUT2D eigenvalue weighted by Crippen LogP contribution is 2.13. The van der Waals surface area contributed by atoms with Crippen LogP contribution in [0.15, 0.2) is 10.5 Å². The quantitative estimate of drug-likeness (QED) is 0.596. The monoisotopic (exact) mass is 205 g/mol. The van der Waals surface area contributed by atoms with Crippen molar-refractivity contribution in [3.8, 4) is 0 Å². The molecule has 0 aliphatic carbocycles. The zero-order valence-corrected chi connectivity index (χ0v) is 8.92. The summed E-state index contributed by atoms with van der Waals surface area (Å²) in [5.74, 6) is 0. The molecule has 5 heteroatoms. The van der Waals surface area contributed by atoms with Gasteiger partial charge in [-0.2, -0.15) is 5.10 Å². The predicted octanol–water partition coefficient (Wildman–Crippen LogP) is 2.68. The molecule has 0 fully saturated rings. The van der Waals surface area contributed by atoms with E-state index in [0.29, 0.717) is 0 Å². The maximum Gasteiger partial charge on any atom is 0.203 e. The van der Waals surface area contributed by atoms with E-state index in [9.17, 15) is 0 Å². The molecule has 0 atom stereocenters. The molecule has 0 amide bonds. The van der Waals surface area contributed by atoms with Crippen LogP contribution in [0.1, 0.15) is 19.5 Å². The fourth-order valence-electron chi connectivity index (χ4n) is 0.565.